The van der Waals surface area contributed by atoms with Crippen LogP contribution >= 0.6 is 0 Å². The zero-order chi connectivity index (χ0) is 18.6. The molecule has 5 heteroatoms. The van der Waals surface area contributed by atoms with Crippen molar-refractivity contribution in [1.29, 1.82) is 5.26 Å². The molecule has 1 aliphatic rings. The number of piperidine rings is 1. The van der Waals surface area contributed by atoms with Gasteiger partial charge < -0.3 is 16.0 Å². The van der Waals surface area contributed by atoms with Gasteiger partial charge in [-0.3, -0.25) is 4.79 Å². The van der Waals surface area contributed by atoms with Gasteiger partial charge in [0.1, 0.15) is 5.54 Å². The van der Waals surface area contributed by atoms with E-state index in [4.69, 9.17) is 5.73 Å². The number of rotatable bonds is 6. The molecule has 0 unspecified atom stereocenters. The van der Waals surface area contributed by atoms with Crippen LogP contribution in [0.4, 0.5) is 0 Å². The van der Waals surface area contributed by atoms with E-state index in [9.17, 15) is 10.1 Å². The van der Waals surface area contributed by atoms with Crippen molar-refractivity contribution in [2.24, 2.45) is 16.6 Å². The van der Waals surface area contributed by atoms with Crippen LogP contribution < -0.4 is 11.1 Å². The molecule has 0 radical (unpaired) electrons. The van der Waals surface area contributed by atoms with Crippen LogP contribution in [0.2, 0.25) is 0 Å². The SMILES string of the molecule is CCCN1CCC(C#N)(NC(=O)[C@@H](N)CC(C)(C)C(C)(C)C)CC1. The van der Waals surface area contributed by atoms with Crippen molar-refractivity contribution in [2.45, 2.75) is 78.8 Å². The molecular weight excluding hydrogens is 300 g/mol. The largest absolute Gasteiger partial charge is 0.336 e. The molecule has 0 aromatic heterocycles. The molecule has 1 fully saturated rings. The van der Waals surface area contributed by atoms with Gasteiger partial charge in [0.25, 0.3) is 0 Å². The molecule has 0 bridgehead atoms. The summed E-state index contributed by atoms with van der Waals surface area (Å²) in [5, 5.41) is 12.6. The molecule has 1 amide bonds. The quantitative estimate of drug-likeness (QED) is 0.781. The number of hydrogen-bond acceptors (Lipinski definition) is 4. The minimum Gasteiger partial charge on any atom is -0.336 e. The summed E-state index contributed by atoms with van der Waals surface area (Å²) >= 11 is 0. The highest BCUT2D eigenvalue weighted by Crippen LogP contribution is 2.41. The van der Waals surface area contributed by atoms with Crippen LogP contribution in [-0.2, 0) is 4.79 Å². The van der Waals surface area contributed by atoms with E-state index in [0.717, 1.165) is 26.1 Å². The Kier molecular flexibility index (Phi) is 6.84. The minimum absolute atomic E-state index is 0.0588. The van der Waals surface area contributed by atoms with Crippen molar-refractivity contribution >= 4 is 5.91 Å². The summed E-state index contributed by atoms with van der Waals surface area (Å²) in [5.74, 6) is -0.196. The predicted octanol–water partition coefficient (Wildman–Crippen LogP) is 2.66. The summed E-state index contributed by atoms with van der Waals surface area (Å²) in [4.78, 5) is 14.9. The van der Waals surface area contributed by atoms with Crippen LogP contribution in [0, 0.1) is 22.2 Å². The summed E-state index contributed by atoms with van der Waals surface area (Å²) in [6.45, 7) is 15.7. The van der Waals surface area contributed by atoms with E-state index in [2.05, 4.69) is 57.8 Å². The minimum atomic E-state index is -0.759. The number of carbonyl (C=O) groups is 1. The second-order valence-corrected chi connectivity index (χ2v) is 8.97. The van der Waals surface area contributed by atoms with Crippen molar-refractivity contribution in [2.75, 3.05) is 19.6 Å². The van der Waals surface area contributed by atoms with Crippen LogP contribution in [-0.4, -0.2) is 42.0 Å². The Balaban J connectivity index is 2.67. The maximum atomic E-state index is 12.6. The van der Waals surface area contributed by atoms with Gasteiger partial charge in [-0.1, -0.05) is 41.5 Å². The van der Waals surface area contributed by atoms with E-state index >= 15 is 0 Å². The van der Waals surface area contributed by atoms with Crippen molar-refractivity contribution in [3.8, 4) is 6.07 Å². The van der Waals surface area contributed by atoms with Gasteiger partial charge in [-0.2, -0.15) is 5.26 Å². The number of nitrogens with two attached hydrogens (primary N) is 1. The first-order valence-corrected chi connectivity index (χ1v) is 9.17. The lowest BCUT2D eigenvalue weighted by Crippen LogP contribution is -2.58. The molecule has 1 atom stereocenters. The van der Waals surface area contributed by atoms with Gasteiger partial charge in [-0.15, -0.1) is 0 Å². The smallest absolute Gasteiger partial charge is 0.238 e. The molecule has 1 rings (SSSR count). The fraction of sp³-hybridized carbons (Fsp3) is 0.895. The fourth-order valence-electron chi connectivity index (χ4n) is 3.02. The summed E-state index contributed by atoms with van der Waals surface area (Å²) in [7, 11) is 0. The Labute approximate surface area is 148 Å². The van der Waals surface area contributed by atoms with Crippen LogP contribution in [0.15, 0.2) is 0 Å². The first-order chi connectivity index (χ1) is 11.0. The van der Waals surface area contributed by atoms with E-state index in [-0.39, 0.29) is 16.7 Å². The molecule has 0 aromatic carbocycles. The van der Waals surface area contributed by atoms with Gasteiger partial charge in [0, 0.05) is 13.1 Å². The van der Waals surface area contributed by atoms with Crippen LogP contribution in [0.25, 0.3) is 0 Å². The monoisotopic (exact) mass is 336 g/mol. The lowest BCUT2D eigenvalue weighted by Gasteiger charge is -2.41. The molecule has 1 saturated heterocycles. The second-order valence-electron chi connectivity index (χ2n) is 8.97. The van der Waals surface area contributed by atoms with Crippen LogP contribution in [0.5, 0.6) is 0 Å². The molecule has 0 spiro atoms. The lowest BCUT2D eigenvalue weighted by molar-refractivity contribution is -0.125. The first-order valence-electron chi connectivity index (χ1n) is 9.17. The third kappa shape index (κ3) is 5.19. The number of nitrogens with zero attached hydrogens (tertiary/aromatic N) is 2. The van der Waals surface area contributed by atoms with Crippen molar-refractivity contribution < 1.29 is 4.79 Å². The highest BCUT2D eigenvalue weighted by atomic mass is 16.2. The van der Waals surface area contributed by atoms with Crippen molar-refractivity contribution in [3.05, 3.63) is 0 Å². The molecule has 138 valence electrons. The Bertz CT molecular complexity index is 465. The van der Waals surface area contributed by atoms with E-state index in [1.165, 1.54) is 0 Å². The molecule has 24 heavy (non-hydrogen) atoms. The van der Waals surface area contributed by atoms with Crippen molar-refractivity contribution in [3.63, 3.8) is 0 Å². The van der Waals surface area contributed by atoms with Gasteiger partial charge >= 0.3 is 0 Å². The third-order valence-corrected chi connectivity index (χ3v) is 5.92. The Hall–Kier alpha value is -1.12. The van der Waals surface area contributed by atoms with Crippen LogP contribution in [0.3, 0.4) is 0 Å². The number of carbonyl (C=O) groups excluding carboxylic acids is 1. The summed E-state index contributed by atoms with van der Waals surface area (Å²) in [6, 6.07) is 1.76. The maximum Gasteiger partial charge on any atom is 0.238 e. The van der Waals surface area contributed by atoms with Gasteiger partial charge in [-0.05, 0) is 43.1 Å². The Morgan fingerprint density at radius 2 is 1.83 bits per heavy atom. The zero-order valence-electron chi connectivity index (χ0n) is 16.4. The number of amides is 1. The summed E-state index contributed by atoms with van der Waals surface area (Å²) < 4.78 is 0. The number of nitriles is 1. The second kappa shape index (κ2) is 7.84. The van der Waals surface area contributed by atoms with Gasteiger partial charge in [0.05, 0.1) is 12.1 Å². The number of likely N-dealkylation sites (tertiary alicyclic amines) is 1. The predicted molar refractivity (Wildman–Crippen MR) is 98.3 cm³/mol. The number of nitrogens with one attached hydrogen (secondary N) is 1. The third-order valence-electron chi connectivity index (χ3n) is 5.92. The van der Waals surface area contributed by atoms with Gasteiger partial charge in [0.2, 0.25) is 5.91 Å². The topological polar surface area (TPSA) is 82.2 Å². The van der Waals surface area contributed by atoms with Crippen molar-refractivity contribution in [1.82, 2.24) is 10.2 Å². The first kappa shape index (κ1) is 20.9. The van der Waals surface area contributed by atoms with E-state index in [1.54, 1.807) is 0 Å². The number of hydrogen-bond donors (Lipinski definition) is 2. The molecule has 0 saturated carbocycles. The molecular formula is C19H36N4O. The molecule has 1 aliphatic heterocycles. The molecule has 5 nitrogen and oxygen atoms in total. The van der Waals surface area contributed by atoms with E-state index in [1.807, 2.05) is 0 Å². The molecule has 3 N–H and O–H groups in total. The highest BCUT2D eigenvalue weighted by Gasteiger charge is 2.40. The van der Waals surface area contributed by atoms with Gasteiger partial charge in [-0.25, -0.2) is 0 Å². The standard InChI is InChI=1S/C19H36N4O/c1-7-10-23-11-8-19(14-20,9-12-23)22-16(24)15(21)13-18(5,6)17(2,3)4/h15H,7-13,21H2,1-6H3,(H,22,24)/t15-/m0/s1. The molecule has 0 aliphatic carbocycles. The highest BCUT2D eigenvalue weighted by molar-refractivity contribution is 5.82. The zero-order valence-corrected chi connectivity index (χ0v) is 16.4. The average Bonchev–Trinajstić information content (AvgIpc) is 2.48. The van der Waals surface area contributed by atoms with E-state index in [0.29, 0.717) is 19.3 Å². The Morgan fingerprint density at radius 3 is 2.25 bits per heavy atom. The van der Waals surface area contributed by atoms with Crippen LogP contribution in [0.1, 0.15) is 67.2 Å². The molecule has 1 heterocycles. The normalized spacial score (nSPS) is 20.2. The average molecular weight is 337 g/mol. The Morgan fingerprint density at radius 1 is 1.29 bits per heavy atom. The summed E-state index contributed by atoms with van der Waals surface area (Å²) in [6.07, 6.45) is 3.06. The molecule has 0 aromatic rings. The maximum absolute atomic E-state index is 12.6. The van der Waals surface area contributed by atoms with Gasteiger partial charge in [0.15, 0.2) is 0 Å². The van der Waals surface area contributed by atoms with E-state index < -0.39 is 11.6 Å². The fourth-order valence-corrected chi connectivity index (χ4v) is 3.02. The lowest BCUT2D eigenvalue weighted by atomic mass is 9.66. The summed E-state index contributed by atoms with van der Waals surface area (Å²) in [5.41, 5.74) is 5.41.